The molecule has 21 heavy (non-hydrogen) atoms. The maximum Gasteiger partial charge on any atom is 0.126 e. The van der Waals surface area contributed by atoms with Crippen molar-refractivity contribution in [1.29, 1.82) is 0 Å². The third-order valence-electron chi connectivity index (χ3n) is 4.95. The maximum atomic E-state index is 4.60. The van der Waals surface area contributed by atoms with Crippen LogP contribution < -0.4 is 5.32 Å². The van der Waals surface area contributed by atoms with Crippen molar-refractivity contribution in [3.8, 4) is 0 Å². The zero-order valence-electron chi connectivity index (χ0n) is 13.1. The van der Waals surface area contributed by atoms with E-state index in [-0.39, 0.29) is 0 Å². The van der Waals surface area contributed by atoms with Crippen molar-refractivity contribution in [2.24, 2.45) is 0 Å². The topological polar surface area (TPSA) is 28.2 Å². The van der Waals surface area contributed by atoms with Crippen molar-refractivity contribution in [3.05, 3.63) is 23.9 Å². The second-order valence-electron chi connectivity index (χ2n) is 6.40. The molecule has 4 heteroatoms. The number of rotatable bonds is 4. The predicted molar refractivity (Wildman–Crippen MR) is 92.2 cm³/mol. The van der Waals surface area contributed by atoms with Crippen LogP contribution in [0.1, 0.15) is 37.8 Å². The van der Waals surface area contributed by atoms with Gasteiger partial charge in [0, 0.05) is 42.4 Å². The molecule has 1 aliphatic heterocycles. The molecule has 0 bridgehead atoms. The summed E-state index contributed by atoms with van der Waals surface area (Å²) in [6, 6.07) is 6.24. The van der Waals surface area contributed by atoms with Crippen molar-refractivity contribution < 1.29 is 0 Å². The Labute approximate surface area is 132 Å². The quantitative estimate of drug-likeness (QED) is 0.921. The second-order valence-corrected chi connectivity index (χ2v) is 7.63. The van der Waals surface area contributed by atoms with E-state index in [0.717, 1.165) is 18.1 Å². The Balaban J connectivity index is 1.69. The molecule has 1 saturated carbocycles. The lowest BCUT2D eigenvalue weighted by molar-refractivity contribution is 0.0706. The monoisotopic (exact) mass is 305 g/mol. The lowest BCUT2D eigenvalue weighted by Crippen LogP contribution is -2.57. The fraction of sp³-hybridized carbons (Fsp3) is 0.706. The van der Waals surface area contributed by atoms with Crippen LogP contribution in [-0.4, -0.2) is 46.6 Å². The number of nitrogens with one attached hydrogen (secondary N) is 1. The van der Waals surface area contributed by atoms with E-state index in [1.54, 1.807) is 0 Å². The van der Waals surface area contributed by atoms with Gasteiger partial charge in [0.1, 0.15) is 5.82 Å². The van der Waals surface area contributed by atoms with Gasteiger partial charge >= 0.3 is 0 Å². The summed E-state index contributed by atoms with van der Waals surface area (Å²) in [7, 11) is 0. The minimum Gasteiger partial charge on any atom is -0.368 e. The Bertz CT molecular complexity index is 451. The summed E-state index contributed by atoms with van der Waals surface area (Å²) < 4.78 is 0. The number of anilines is 1. The number of aryl methyl sites for hydroxylation is 1. The molecule has 3 rings (SSSR count). The molecule has 1 aromatic heterocycles. The minimum atomic E-state index is 0.366. The maximum absolute atomic E-state index is 4.60. The summed E-state index contributed by atoms with van der Waals surface area (Å²) in [6.07, 6.45) is 6.86. The first-order valence-electron chi connectivity index (χ1n) is 8.29. The molecule has 0 spiro atoms. The molecule has 2 fully saturated rings. The number of hydrogen-bond donors (Lipinski definition) is 1. The average molecular weight is 305 g/mol. The second kappa shape index (κ2) is 7.01. The normalized spacial score (nSPS) is 22.9. The third-order valence-corrected chi connectivity index (χ3v) is 5.90. The molecular weight excluding hydrogens is 278 g/mol. The highest BCUT2D eigenvalue weighted by Gasteiger charge is 2.38. The van der Waals surface area contributed by atoms with E-state index in [9.17, 15) is 0 Å². The van der Waals surface area contributed by atoms with Crippen molar-refractivity contribution in [1.82, 2.24) is 9.88 Å². The van der Waals surface area contributed by atoms with Crippen LogP contribution in [0, 0.1) is 6.92 Å². The molecule has 1 N–H and O–H groups in total. The van der Waals surface area contributed by atoms with Gasteiger partial charge in [0.05, 0.1) is 0 Å². The standard InChI is InChI=1S/C17H27N3S/c1-15-6-5-7-16(19-15)18-14-17(8-3-2-4-9-17)20-10-12-21-13-11-20/h5-7H,2-4,8-14H2,1H3,(H,18,19). The Morgan fingerprint density at radius 2 is 1.95 bits per heavy atom. The van der Waals surface area contributed by atoms with E-state index >= 15 is 0 Å². The van der Waals surface area contributed by atoms with Gasteiger partial charge < -0.3 is 5.32 Å². The lowest BCUT2D eigenvalue weighted by Gasteiger charge is -2.48. The summed E-state index contributed by atoms with van der Waals surface area (Å²) in [5, 5.41) is 3.63. The Hall–Kier alpha value is -0.740. The predicted octanol–water partition coefficient (Wildman–Crippen LogP) is 3.55. The summed E-state index contributed by atoms with van der Waals surface area (Å²) in [4.78, 5) is 7.37. The van der Waals surface area contributed by atoms with E-state index < -0.39 is 0 Å². The van der Waals surface area contributed by atoms with Crippen LogP contribution in [0.3, 0.4) is 0 Å². The van der Waals surface area contributed by atoms with Crippen molar-refractivity contribution in [2.75, 3.05) is 36.5 Å². The first kappa shape index (κ1) is 15.2. The minimum absolute atomic E-state index is 0.366. The van der Waals surface area contributed by atoms with Gasteiger partial charge in [-0.05, 0) is 31.9 Å². The first-order valence-corrected chi connectivity index (χ1v) is 9.44. The summed E-state index contributed by atoms with van der Waals surface area (Å²) >= 11 is 2.10. The van der Waals surface area contributed by atoms with Gasteiger partial charge in [0.2, 0.25) is 0 Å². The highest BCUT2D eigenvalue weighted by Crippen LogP contribution is 2.35. The van der Waals surface area contributed by atoms with Crippen molar-refractivity contribution in [3.63, 3.8) is 0 Å². The number of thioether (sulfide) groups is 1. The molecule has 0 atom stereocenters. The molecule has 116 valence electrons. The molecule has 0 amide bonds. The van der Waals surface area contributed by atoms with Crippen LogP contribution in [0.2, 0.25) is 0 Å². The number of nitrogens with zero attached hydrogens (tertiary/aromatic N) is 2. The van der Waals surface area contributed by atoms with Gasteiger partial charge in [-0.2, -0.15) is 11.8 Å². The smallest absolute Gasteiger partial charge is 0.126 e. The molecule has 0 aromatic carbocycles. The lowest BCUT2D eigenvalue weighted by atomic mass is 9.80. The fourth-order valence-electron chi connectivity index (χ4n) is 3.75. The molecule has 1 saturated heterocycles. The van der Waals surface area contributed by atoms with Crippen LogP contribution in [0.25, 0.3) is 0 Å². The summed E-state index contributed by atoms with van der Waals surface area (Å²) in [5.41, 5.74) is 1.46. The number of aromatic nitrogens is 1. The number of hydrogen-bond acceptors (Lipinski definition) is 4. The Morgan fingerprint density at radius 1 is 1.19 bits per heavy atom. The van der Waals surface area contributed by atoms with Crippen molar-refractivity contribution in [2.45, 2.75) is 44.6 Å². The van der Waals surface area contributed by atoms with Crippen LogP contribution in [0.15, 0.2) is 18.2 Å². The Morgan fingerprint density at radius 3 is 2.67 bits per heavy atom. The van der Waals surface area contributed by atoms with E-state index in [1.807, 2.05) is 0 Å². The molecular formula is C17H27N3S. The molecule has 2 aliphatic rings. The van der Waals surface area contributed by atoms with Gasteiger partial charge in [-0.1, -0.05) is 25.3 Å². The SMILES string of the molecule is Cc1cccc(NCC2(N3CCSCC3)CCCCC2)n1. The zero-order valence-corrected chi connectivity index (χ0v) is 13.9. The van der Waals surface area contributed by atoms with Crippen LogP contribution in [0.5, 0.6) is 0 Å². The molecule has 0 unspecified atom stereocenters. The molecule has 1 aliphatic carbocycles. The van der Waals surface area contributed by atoms with E-state index in [0.29, 0.717) is 5.54 Å². The van der Waals surface area contributed by atoms with E-state index in [1.165, 1.54) is 56.7 Å². The first-order chi connectivity index (χ1) is 10.3. The highest BCUT2D eigenvalue weighted by atomic mass is 32.2. The van der Waals surface area contributed by atoms with Gasteiger partial charge in [-0.15, -0.1) is 0 Å². The van der Waals surface area contributed by atoms with Crippen LogP contribution >= 0.6 is 11.8 Å². The zero-order chi connectivity index (χ0) is 14.5. The third kappa shape index (κ3) is 3.72. The average Bonchev–Trinajstić information content (AvgIpc) is 2.55. The van der Waals surface area contributed by atoms with E-state index in [2.05, 4.69) is 52.1 Å². The molecule has 2 heterocycles. The van der Waals surface area contributed by atoms with Gasteiger partial charge in [-0.3, -0.25) is 4.90 Å². The van der Waals surface area contributed by atoms with Crippen LogP contribution in [-0.2, 0) is 0 Å². The summed E-state index contributed by atoms with van der Waals surface area (Å²) in [6.45, 7) is 5.62. The van der Waals surface area contributed by atoms with Crippen LogP contribution in [0.4, 0.5) is 5.82 Å². The molecule has 1 aromatic rings. The number of pyridine rings is 1. The van der Waals surface area contributed by atoms with E-state index in [4.69, 9.17) is 0 Å². The van der Waals surface area contributed by atoms with Crippen molar-refractivity contribution >= 4 is 17.6 Å². The van der Waals surface area contributed by atoms with Gasteiger partial charge in [0.15, 0.2) is 0 Å². The van der Waals surface area contributed by atoms with Gasteiger partial charge in [0.25, 0.3) is 0 Å². The summed E-state index contributed by atoms with van der Waals surface area (Å²) in [5.74, 6) is 3.63. The highest BCUT2D eigenvalue weighted by molar-refractivity contribution is 7.99. The Kier molecular flexibility index (Phi) is 5.07. The van der Waals surface area contributed by atoms with Gasteiger partial charge in [-0.25, -0.2) is 4.98 Å². The largest absolute Gasteiger partial charge is 0.368 e. The molecule has 3 nitrogen and oxygen atoms in total. The fourth-order valence-corrected chi connectivity index (χ4v) is 4.65. The molecule has 0 radical (unpaired) electrons.